The van der Waals surface area contributed by atoms with Crippen molar-refractivity contribution in [1.82, 2.24) is 20.2 Å². The number of rotatable bonds is 14. The second-order valence-electron chi connectivity index (χ2n) is 12.6. The van der Waals surface area contributed by atoms with Crippen molar-refractivity contribution in [3.05, 3.63) is 88.9 Å². The Balaban J connectivity index is 1.36. The number of hydrogen-bond donors (Lipinski definition) is 3. The molecule has 264 valence electrons. The van der Waals surface area contributed by atoms with Crippen LogP contribution in [0.1, 0.15) is 71.4 Å². The summed E-state index contributed by atoms with van der Waals surface area (Å²) < 4.78 is 32.5. The van der Waals surface area contributed by atoms with Gasteiger partial charge in [-0.1, -0.05) is 24.6 Å². The van der Waals surface area contributed by atoms with E-state index in [1.165, 1.54) is 38.6 Å². The molecule has 1 aromatic heterocycles. The van der Waals surface area contributed by atoms with Gasteiger partial charge in [0.25, 0.3) is 11.8 Å². The first-order chi connectivity index (χ1) is 24.1. The van der Waals surface area contributed by atoms with Crippen molar-refractivity contribution < 1.29 is 28.2 Å². The molecule has 0 spiro atoms. The van der Waals surface area contributed by atoms with Crippen LogP contribution < -0.4 is 30.2 Å². The third-order valence-corrected chi connectivity index (χ3v) is 8.28. The van der Waals surface area contributed by atoms with Crippen molar-refractivity contribution in [1.29, 1.82) is 0 Å². The van der Waals surface area contributed by atoms with Gasteiger partial charge in [-0.05, 0) is 102 Å². The number of methoxy groups -OCH3 is 1. The maximum absolute atomic E-state index is 15.1. The Labute approximate surface area is 292 Å². The molecule has 0 radical (unpaired) electrons. The Morgan fingerprint density at radius 2 is 1.68 bits per heavy atom. The van der Waals surface area contributed by atoms with E-state index in [9.17, 15) is 9.59 Å². The van der Waals surface area contributed by atoms with Crippen LogP contribution in [0.2, 0.25) is 0 Å². The second-order valence-corrected chi connectivity index (χ2v) is 12.6. The summed E-state index contributed by atoms with van der Waals surface area (Å²) in [5.74, 6) is -0.688. The van der Waals surface area contributed by atoms with Gasteiger partial charge in [-0.2, -0.15) is 4.98 Å². The summed E-state index contributed by atoms with van der Waals surface area (Å²) in [6.07, 6.45) is 5.89. The molecule has 1 fully saturated rings. The quantitative estimate of drug-likeness (QED) is 0.116. The van der Waals surface area contributed by atoms with E-state index in [-0.39, 0.29) is 46.6 Å². The Morgan fingerprint density at radius 1 is 0.940 bits per heavy atom. The van der Waals surface area contributed by atoms with Crippen LogP contribution in [-0.2, 0) is 0 Å². The number of benzene rings is 3. The molecule has 1 aliphatic heterocycles. The zero-order chi connectivity index (χ0) is 35.6. The van der Waals surface area contributed by atoms with E-state index in [1.54, 1.807) is 30.3 Å². The predicted molar refractivity (Wildman–Crippen MR) is 192 cm³/mol. The first-order valence-corrected chi connectivity index (χ1v) is 16.9. The van der Waals surface area contributed by atoms with Gasteiger partial charge in [0.15, 0.2) is 23.1 Å². The topological polar surface area (TPSA) is 127 Å². The number of nitrogens with zero attached hydrogens (tertiary/aromatic N) is 3. The number of carbonyl (C=O) groups excluding carboxylic acids is 2. The van der Waals surface area contributed by atoms with Gasteiger partial charge >= 0.3 is 0 Å². The number of carbonyl (C=O) groups is 2. The lowest BCUT2D eigenvalue weighted by atomic mass is 10.1. The molecule has 0 unspecified atom stereocenters. The van der Waals surface area contributed by atoms with Gasteiger partial charge in [-0.3, -0.25) is 9.59 Å². The molecule has 4 aromatic rings. The van der Waals surface area contributed by atoms with E-state index in [0.717, 1.165) is 37.2 Å². The summed E-state index contributed by atoms with van der Waals surface area (Å²) in [6, 6.07) is 14.9. The Kier molecular flexibility index (Phi) is 12.2. The van der Waals surface area contributed by atoms with Crippen LogP contribution in [0.15, 0.2) is 60.8 Å². The summed E-state index contributed by atoms with van der Waals surface area (Å²) in [6.45, 7) is 11.1. The molecule has 0 saturated carbocycles. The number of para-hydroxylation sites is 1. The lowest BCUT2D eigenvalue weighted by Crippen LogP contribution is -2.31. The van der Waals surface area contributed by atoms with Crippen molar-refractivity contribution in [2.45, 2.75) is 59.4 Å². The maximum Gasteiger partial charge on any atom is 0.262 e. The first-order valence-electron chi connectivity index (χ1n) is 16.9. The SMILES string of the molecule is COc1cc(C(=O)NC(C)C)ccc1Oc1nc(Nc2ccc(OCCCN3CCCCC3)c(F)c2)ncc1C(=O)Nc1c(C)cccc1C. The number of halogens is 1. The van der Waals surface area contributed by atoms with Crippen LogP contribution in [-0.4, -0.2) is 66.1 Å². The van der Waals surface area contributed by atoms with Crippen LogP contribution in [0.5, 0.6) is 23.1 Å². The number of piperidine rings is 1. The number of aryl methyl sites for hydroxylation is 2. The molecule has 2 heterocycles. The largest absolute Gasteiger partial charge is 0.493 e. The summed E-state index contributed by atoms with van der Waals surface area (Å²) in [5.41, 5.74) is 3.22. The third kappa shape index (κ3) is 9.47. The summed E-state index contributed by atoms with van der Waals surface area (Å²) in [4.78, 5) is 37.5. The Bertz CT molecular complexity index is 1790. The highest BCUT2D eigenvalue weighted by atomic mass is 19.1. The van der Waals surface area contributed by atoms with E-state index < -0.39 is 11.7 Å². The Hall–Kier alpha value is -5.23. The average Bonchev–Trinajstić information content (AvgIpc) is 3.09. The van der Waals surface area contributed by atoms with Crippen molar-refractivity contribution in [2.24, 2.45) is 0 Å². The lowest BCUT2D eigenvalue weighted by molar-refractivity contribution is 0.0942. The second kappa shape index (κ2) is 16.9. The molecule has 3 N–H and O–H groups in total. The zero-order valence-corrected chi connectivity index (χ0v) is 29.3. The van der Waals surface area contributed by atoms with Crippen LogP contribution in [0.25, 0.3) is 0 Å². The van der Waals surface area contributed by atoms with Gasteiger partial charge in [-0.25, -0.2) is 9.37 Å². The van der Waals surface area contributed by atoms with E-state index >= 15 is 4.39 Å². The zero-order valence-electron chi connectivity index (χ0n) is 29.3. The fraction of sp³-hybridized carbons (Fsp3) is 0.368. The van der Waals surface area contributed by atoms with Crippen LogP contribution in [0, 0.1) is 19.7 Å². The molecule has 50 heavy (non-hydrogen) atoms. The fourth-order valence-corrected chi connectivity index (χ4v) is 5.67. The molecule has 0 bridgehead atoms. The normalized spacial score (nSPS) is 13.1. The van der Waals surface area contributed by atoms with Crippen molar-refractivity contribution in [2.75, 3.05) is 44.0 Å². The number of likely N-dealkylation sites (tertiary alicyclic amines) is 1. The van der Waals surface area contributed by atoms with Gasteiger partial charge in [0.1, 0.15) is 5.56 Å². The molecule has 0 aliphatic carbocycles. The van der Waals surface area contributed by atoms with Crippen molar-refractivity contribution in [3.8, 4) is 23.1 Å². The first kappa shape index (κ1) is 36.1. The highest BCUT2D eigenvalue weighted by molar-refractivity contribution is 6.06. The molecule has 3 aromatic carbocycles. The number of ether oxygens (including phenoxy) is 3. The minimum Gasteiger partial charge on any atom is -0.493 e. The minimum absolute atomic E-state index is 0.0429. The third-order valence-electron chi connectivity index (χ3n) is 8.28. The van der Waals surface area contributed by atoms with Crippen LogP contribution in [0.4, 0.5) is 21.7 Å². The van der Waals surface area contributed by atoms with Crippen molar-refractivity contribution in [3.63, 3.8) is 0 Å². The standard InChI is InChI=1S/C38H45FN6O5/c1-24(2)41-35(46)27-13-15-32(33(21-27)48-5)50-37-29(36(47)43-34-25(3)11-9-12-26(34)4)23-40-38(44-37)42-28-14-16-31(30(39)22-28)49-20-10-19-45-17-7-6-8-18-45/h9,11-16,21-24H,6-8,10,17-20H2,1-5H3,(H,41,46)(H,43,47)(H,40,42,44). The Morgan fingerprint density at radius 3 is 2.38 bits per heavy atom. The van der Waals surface area contributed by atoms with Gasteiger partial charge in [0.05, 0.1) is 13.7 Å². The number of hydrogen-bond acceptors (Lipinski definition) is 9. The number of nitrogens with one attached hydrogen (secondary N) is 3. The summed E-state index contributed by atoms with van der Waals surface area (Å²) in [5, 5.41) is 8.78. The molecule has 11 nitrogen and oxygen atoms in total. The highest BCUT2D eigenvalue weighted by Gasteiger charge is 2.21. The minimum atomic E-state index is -0.527. The summed E-state index contributed by atoms with van der Waals surface area (Å²) in [7, 11) is 1.45. The molecule has 1 saturated heterocycles. The lowest BCUT2D eigenvalue weighted by Gasteiger charge is -2.26. The van der Waals surface area contributed by atoms with Gasteiger partial charge < -0.3 is 35.1 Å². The number of aromatic nitrogens is 2. The van der Waals surface area contributed by atoms with Gasteiger partial charge in [0.2, 0.25) is 11.8 Å². The fourth-order valence-electron chi connectivity index (χ4n) is 5.67. The smallest absolute Gasteiger partial charge is 0.262 e. The summed E-state index contributed by atoms with van der Waals surface area (Å²) >= 11 is 0. The molecule has 12 heteroatoms. The molecular weight excluding hydrogens is 639 g/mol. The average molecular weight is 685 g/mol. The molecule has 0 atom stereocenters. The van der Waals surface area contributed by atoms with E-state index in [0.29, 0.717) is 23.5 Å². The molecular formula is C38H45FN6O5. The van der Waals surface area contributed by atoms with Crippen LogP contribution in [0.3, 0.4) is 0 Å². The van der Waals surface area contributed by atoms with E-state index in [1.807, 2.05) is 45.9 Å². The van der Waals surface area contributed by atoms with Gasteiger partial charge in [0, 0.05) is 41.8 Å². The maximum atomic E-state index is 15.1. The van der Waals surface area contributed by atoms with E-state index in [4.69, 9.17) is 14.2 Å². The molecule has 5 rings (SSSR count). The molecule has 1 aliphatic rings. The van der Waals surface area contributed by atoms with Gasteiger partial charge in [-0.15, -0.1) is 0 Å². The van der Waals surface area contributed by atoms with E-state index in [2.05, 4.69) is 30.8 Å². The highest BCUT2D eigenvalue weighted by Crippen LogP contribution is 2.34. The predicted octanol–water partition coefficient (Wildman–Crippen LogP) is 7.42. The molecule has 2 amide bonds. The number of amides is 2. The van der Waals surface area contributed by atoms with Crippen molar-refractivity contribution >= 4 is 29.1 Å². The monoisotopic (exact) mass is 684 g/mol. The van der Waals surface area contributed by atoms with Crippen LogP contribution >= 0.6 is 0 Å². The number of anilines is 3.